The Morgan fingerprint density at radius 2 is 2.16 bits per heavy atom. The lowest BCUT2D eigenvalue weighted by atomic mass is 10.2. The quantitative estimate of drug-likeness (QED) is 0.658. The average molecular weight is 261 g/mol. The van der Waals surface area contributed by atoms with E-state index in [1.807, 2.05) is 0 Å². The van der Waals surface area contributed by atoms with E-state index in [-0.39, 0.29) is 5.56 Å². The van der Waals surface area contributed by atoms with Gasteiger partial charge in [0.25, 0.3) is 5.56 Å². The lowest BCUT2D eigenvalue weighted by Gasteiger charge is -2.09. The highest BCUT2D eigenvalue weighted by Crippen LogP contribution is 2.16. The van der Waals surface area contributed by atoms with Crippen LogP contribution in [0.5, 0.6) is 5.75 Å². The maximum atomic E-state index is 12.2. The molecule has 1 heterocycles. The van der Waals surface area contributed by atoms with Crippen LogP contribution in [-0.4, -0.2) is 16.8 Å². The van der Waals surface area contributed by atoms with Crippen molar-refractivity contribution >= 4 is 10.9 Å². The molecule has 2 aromatic rings. The zero-order chi connectivity index (χ0) is 13.8. The molecule has 0 fully saturated rings. The highest BCUT2D eigenvalue weighted by atomic mass is 16.5. The van der Waals surface area contributed by atoms with Crippen LogP contribution in [0.1, 0.15) is 32.0 Å². The Morgan fingerprint density at radius 1 is 1.37 bits per heavy atom. The molecule has 2 rings (SSSR count). The van der Waals surface area contributed by atoms with E-state index in [1.54, 1.807) is 25.3 Å². The molecule has 0 bridgehead atoms. The van der Waals surface area contributed by atoms with Gasteiger partial charge in [-0.05, 0) is 24.6 Å². The highest BCUT2D eigenvalue weighted by Gasteiger charge is 2.09. The molecule has 0 spiro atoms. The molecule has 0 amide bonds. The van der Waals surface area contributed by atoms with Gasteiger partial charge in [-0.1, -0.05) is 19.8 Å². The second-order valence-electron chi connectivity index (χ2n) is 4.54. The standard InChI is InChI=1S/C14H19N3O2/c1-3-4-5-6-13-16-12-8-7-10(19-2)9-11(12)14(18)17(13)15/h7-9H,3-6,15H2,1-2H3. The number of rotatable bonds is 5. The predicted molar refractivity (Wildman–Crippen MR) is 75.9 cm³/mol. The van der Waals surface area contributed by atoms with Gasteiger partial charge in [-0.2, -0.15) is 0 Å². The first-order valence-electron chi connectivity index (χ1n) is 6.52. The van der Waals surface area contributed by atoms with Crippen molar-refractivity contribution < 1.29 is 4.74 Å². The number of nitrogens with two attached hydrogens (primary N) is 1. The fraction of sp³-hybridized carbons (Fsp3) is 0.429. The average Bonchev–Trinajstić information content (AvgIpc) is 2.44. The molecule has 0 saturated heterocycles. The molecule has 0 saturated carbocycles. The van der Waals surface area contributed by atoms with Crippen molar-refractivity contribution in [3.8, 4) is 5.75 Å². The van der Waals surface area contributed by atoms with Crippen molar-refractivity contribution in [3.63, 3.8) is 0 Å². The molecule has 0 atom stereocenters. The van der Waals surface area contributed by atoms with Crippen molar-refractivity contribution in [1.82, 2.24) is 9.66 Å². The van der Waals surface area contributed by atoms with Crippen molar-refractivity contribution in [2.45, 2.75) is 32.6 Å². The summed E-state index contributed by atoms with van der Waals surface area (Å²) in [6.45, 7) is 2.13. The van der Waals surface area contributed by atoms with Crippen LogP contribution in [0.3, 0.4) is 0 Å². The highest BCUT2D eigenvalue weighted by molar-refractivity contribution is 5.79. The minimum Gasteiger partial charge on any atom is -0.497 e. The Morgan fingerprint density at radius 3 is 2.84 bits per heavy atom. The van der Waals surface area contributed by atoms with Crippen LogP contribution >= 0.6 is 0 Å². The van der Waals surface area contributed by atoms with Crippen LogP contribution in [0.4, 0.5) is 0 Å². The van der Waals surface area contributed by atoms with Gasteiger partial charge in [0, 0.05) is 6.42 Å². The number of hydrogen-bond acceptors (Lipinski definition) is 4. The summed E-state index contributed by atoms with van der Waals surface area (Å²) in [4.78, 5) is 16.7. The second-order valence-corrected chi connectivity index (χ2v) is 4.54. The van der Waals surface area contributed by atoms with Crippen LogP contribution < -0.4 is 16.1 Å². The van der Waals surface area contributed by atoms with Gasteiger partial charge in [0.2, 0.25) is 0 Å². The first kappa shape index (κ1) is 13.4. The molecule has 0 unspecified atom stereocenters. The van der Waals surface area contributed by atoms with Crippen LogP contribution in [0, 0.1) is 0 Å². The Kier molecular flexibility index (Phi) is 4.04. The molecular weight excluding hydrogens is 242 g/mol. The third-order valence-electron chi connectivity index (χ3n) is 3.18. The Hall–Kier alpha value is -2.04. The van der Waals surface area contributed by atoms with E-state index < -0.39 is 0 Å². The number of benzene rings is 1. The van der Waals surface area contributed by atoms with Gasteiger partial charge in [0.05, 0.1) is 18.0 Å². The van der Waals surface area contributed by atoms with Crippen LogP contribution in [0.2, 0.25) is 0 Å². The summed E-state index contributed by atoms with van der Waals surface area (Å²) < 4.78 is 6.26. The summed E-state index contributed by atoms with van der Waals surface area (Å²) in [6.07, 6.45) is 3.94. The predicted octanol–water partition coefficient (Wildman–Crippen LogP) is 1.85. The number of fused-ring (bicyclic) bond motifs is 1. The van der Waals surface area contributed by atoms with E-state index in [9.17, 15) is 4.79 Å². The number of nitrogens with zero attached hydrogens (tertiary/aromatic N) is 2. The largest absolute Gasteiger partial charge is 0.497 e. The molecule has 19 heavy (non-hydrogen) atoms. The zero-order valence-corrected chi connectivity index (χ0v) is 11.3. The number of ether oxygens (including phenoxy) is 1. The van der Waals surface area contributed by atoms with Crippen LogP contribution in [0.25, 0.3) is 10.9 Å². The number of nitrogen functional groups attached to an aromatic ring is 1. The van der Waals surface area contributed by atoms with Crippen molar-refractivity contribution in [2.24, 2.45) is 0 Å². The van der Waals surface area contributed by atoms with Gasteiger partial charge >= 0.3 is 0 Å². The molecular formula is C14H19N3O2. The fourth-order valence-electron chi connectivity index (χ4n) is 2.06. The topological polar surface area (TPSA) is 70.1 Å². The first-order valence-corrected chi connectivity index (χ1v) is 6.52. The van der Waals surface area contributed by atoms with E-state index in [4.69, 9.17) is 10.6 Å². The Bertz CT molecular complexity index is 634. The van der Waals surface area contributed by atoms with Gasteiger partial charge in [0.15, 0.2) is 0 Å². The molecule has 2 N–H and O–H groups in total. The summed E-state index contributed by atoms with van der Waals surface area (Å²) in [5, 5.41) is 0.487. The van der Waals surface area contributed by atoms with Gasteiger partial charge in [-0.15, -0.1) is 0 Å². The molecule has 0 aliphatic heterocycles. The summed E-state index contributed by atoms with van der Waals surface area (Å²) in [6, 6.07) is 5.26. The molecule has 0 aliphatic rings. The lowest BCUT2D eigenvalue weighted by Crippen LogP contribution is -2.31. The fourth-order valence-corrected chi connectivity index (χ4v) is 2.06. The maximum Gasteiger partial charge on any atom is 0.279 e. The van der Waals surface area contributed by atoms with E-state index in [0.29, 0.717) is 22.5 Å². The third-order valence-corrected chi connectivity index (χ3v) is 3.18. The molecule has 5 heteroatoms. The molecule has 0 aliphatic carbocycles. The van der Waals surface area contributed by atoms with Crippen LogP contribution in [-0.2, 0) is 6.42 Å². The van der Waals surface area contributed by atoms with Gasteiger partial charge < -0.3 is 10.6 Å². The molecule has 1 aromatic heterocycles. The van der Waals surface area contributed by atoms with Gasteiger partial charge in [-0.3, -0.25) is 4.79 Å². The lowest BCUT2D eigenvalue weighted by molar-refractivity contribution is 0.415. The SMILES string of the molecule is CCCCCc1nc2ccc(OC)cc2c(=O)n1N. The van der Waals surface area contributed by atoms with E-state index in [2.05, 4.69) is 11.9 Å². The van der Waals surface area contributed by atoms with Gasteiger partial charge in [-0.25, -0.2) is 9.66 Å². The number of unbranched alkanes of at least 4 members (excludes halogenated alkanes) is 2. The number of aryl methyl sites for hydroxylation is 1. The smallest absolute Gasteiger partial charge is 0.279 e. The number of hydrogen-bond donors (Lipinski definition) is 1. The third kappa shape index (κ3) is 2.70. The minimum absolute atomic E-state index is 0.226. The number of methoxy groups -OCH3 is 1. The Labute approximate surface area is 112 Å². The van der Waals surface area contributed by atoms with E-state index >= 15 is 0 Å². The van der Waals surface area contributed by atoms with Gasteiger partial charge in [0.1, 0.15) is 11.6 Å². The molecule has 102 valence electrons. The first-order chi connectivity index (χ1) is 9.17. The molecule has 5 nitrogen and oxygen atoms in total. The monoisotopic (exact) mass is 261 g/mol. The Balaban J connectivity index is 2.46. The molecule has 1 aromatic carbocycles. The normalized spacial score (nSPS) is 10.8. The summed E-state index contributed by atoms with van der Waals surface area (Å²) in [5.41, 5.74) is 0.439. The molecule has 0 radical (unpaired) electrons. The maximum absolute atomic E-state index is 12.2. The number of aromatic nitrogens is 2. The zero-order valence-electron chi connectivity index (χ0n) is 11.3. The van der Waals surface area contributed by atoms with Crippen LogP contribution in [0.15, 0.2) is 23.0 Å². The minimum atomic E-state index is -0.226. The van der Waals surface area contributed by atoms with E-state index in [0.717, 1.165) is 30.4 Å². The van der Waals surface area contributed by atoms with E-state index in [1.165, 1.54) is 0 Å². The summed E-state index contributed by atoms with van der Waals surface area (Å²) in [5.74, 6) is 7.09. The van der Waals surface area contributed by atoms with Crippen molar-refractivity contribution in [2.75, 3.05) is 13.0 Å². The van der Waals surface area contributed by atoms with Crippen molar-refractivity contribution in [1.29, 1.82) is 0 Å². The summed E-state index contributed by atoms with van der Waals surface area (Å²) >= 11 is 0. The van der Waals surface area contributed by atoms with Crippen molar-refractivity contribution in [3.05, 3.63) is 34.4 Å². The second kappa shape index (κ2) is 5.73. The summed E-state index contributed by atoms with van der Waals surface area (Å²) in [7, 11) is 1.56.